The maximum absolute atomic E-state index is 13.7. The quantitative estimate of drug-likeness (QED) is 0.292. The summed E-state index contributed by atoms with van der Waals surface area (Å²) in [6, 6.07) is 23.5. The zero-order valence-corrected chi connectivity index (χ0v) is 22.3. The fraction of sp³-hybridized carbons (Fsp3) is 0.156. The molecule has 4 aromatic rings. The van der Waals surface area contributed by atoms with Crippen molar-refractivity contribution >= 4 is 17.8 Å². The number of hydrogen-bond donors (Lipinski definition) is 2. The number of halogens is 3. The summed E-state index contributed by atoms with van der Waals surface area (Å²) in [6.07, 6.45) is 0.354. The SMILES string of the molecule is O=C(NNOC(=O)C1(c2ccc(F)cc2)CCN(C(=O)c2ccc(-c3ccc(F)cc3)cc2)CC1)c1cccc(F)c1. The predicted molar refractivity (Wildman–Crippen MR) is 148 cm³/mol. The molecule has 7 nitrogen and oxygen atoms in total. The van der Waals surface area contributed by atoms with E-state index in [2.05, 4.69) is 11.0 Å². The van der Waals surface area contributed by atoms with Gasteiger partial charge in [0.1, 0.15) is 17.5 Å². The molecule has 214 valence electrons. The van der Waals surface area contributed by atoms with Crippen LogP contribution >= 0.6 is 0 Å². The first kappa shape index (κ1) is 28.6. The standard InChI is InChI=1S/C32H26F3N3O4/c33-26-12-8-22(9-13-26)21-4-6-23(7-5-21)30(40)38-18-16-32(17-19-38,25-10-14-27(34)15-11-25)31(41)42-37-36-29(39)24-2-1-3-28(35)20-24/h1-15,20,37H,16-19H2,(H,36,39). The van der Waals surface area contributed by atoms with Crippen LogP contribution < -0.4 is 11.0 Å². The van der Waals surface area contributed by atoms with Gasteiger partial charge in [-0.3, -0.25) is 15.0 Å². The van der Waals surface area contributed by atoms with E-state index in [1.54, 1.807) is 41.3 Å². The zero-order chi connectivity index (χ0) is 29.7. The van der Waals surface area contributed by atoms with Gasteiger partial charge >= 0.3 is 5.97 Å². The molecule has 0 atom stereocenters. The largest absolute Gasteiger partial charge is 0.350 e. The molecule has 5 rings (SSSR count). The van der Waals surface area contributed by atoms with Crippen molar-refractivity contribution in [1.82, 2.24) is 15.9 Å². The summed E-state index contributed by atoms with van der Waals surface area (Å²) < 4.78 is 40.4. The summed E-state index contributed by atoms with van der Waals surface area (Å²) in [4.78, 5) is 45.8. The lowest BCUT2D eigenvalue weighted by molar-refractivity contribution is -0.162. The topological polar surface area (TPSA) is 87.7 Å². The Kier molecular flexibility index (Phi) is 8.35. The van der Waals surface area contributed by atoms with E-state index in [4.69, 9.17) is 4.84 Å². The minimum atomic E-state index is -1.23. The molecular formula is C32H26F3N3O4. The van der Waals surface area contributed by atoms with Crippen LogP contribution in [0.15, 0.2) is 97.1 Å². The first-order valence-electron chi connectivity index (χ1n) is 13.2. The maximum Gasteiger partial charge on any atom is 0.337 e. The third-order valence-electron chi connectivity index (χ3n) is 7.40. The lowest BCUT2D eigenvalue weighted by Gasteiger charge is -2.40. The van der Waals surface area contributed by atoms with Gasteiger partial charge in [0.05, 0.1) is 5.41 Å². The Labute approximate surface area is 239 Å². The number of nitrogens with zero attached hydrogens (tertiary/aromatic N) is 1. The molecule has 4 aromatic carbocycles. The van der Waals surface area contributed by atoms with E-state index >= 15 is 0 Å². The summed E-state index contributed by atoms with van der Waals surface area (Å²) in [5.74, 6) is -3.07. The second kappa shape index (κ2) is 12.3. The molecular weight excluding hydrogens is 547 g/mol. The fourth-order valence-electron chi connectivity index (χ4n) is 5.02. The Morgan fingerprint density at radius 3 is 1.86 bits per heavy atom. The predicted octanol–water partition coefficient (Wildman–Crippen LogP) is 5.34. The van der Waals surface area contributed by atoms with Crippen molar-refractivity contribution in [3.8, 4) is 11.1 Å². The average molecular weight is 574 g/mol. The number of amides is 2. The Hall–Kier alpha value is -4.96. The number of nitrogens with one attached hydrogen (secondary N) is 2. The summed E-state index contributed by atoms with van der Waals surface area (Å²) in [6.45, 7) is 0.418. The molecule has 1 saturated heterocycles. The second-order valence-electron chi connectivity index (χ2n) is 9.92. The smallest absolute Gasteiger partial charge is 0.337 e. The zero-order valence-electron chi connectivity index (χ0n) is 22.3. The molecule has 1 heterocycles. The number of carbonyl (C=O) groups excluding carboxylic acids is 3. The van der Waals surface area contributed by atoms with Crippen molar-refractivity contribution in [2.45, 2.75) is 18.3 Å². The lowest BCUT2D eigenvalue weighted by atomic mass is 9.72. The van der Waals surface area contributed by atoms with Gasteiger partial charge in [-0.1, -0.05) is 48.1 Å². The van der Waals surface area contributed by atoms with Gasteiger partial charge in [0, 0.05) is 24.2 Å². The average Bonchev–Trinajstić information content (AvgIpc) is 3.01. The third kappa shape index (κ3) is 6.18. The molecule has 0 radical (unpaired) electrons. The molecule has 0 aliphatic carbocycles. The number of likely N-dealkylation sites (tertiary alicyclic amines) is 1. The Morgan fingerprint density at radius 2 is 1.26 bits per heavy atom. The number of piperidine rings is 1. The van der Waals surface area contributed by atoms with Gasteiger partial charge in [-0.05, 0) is 84.1 Å². The summed E-state index contributed by atoms with van der Waals surface area (Å²) >= 11 is 0. The number of benzene rings is 4. The molecule has 2 amide bonds. The lowest BCUT2D eigenvalue weighted by Crippen LogP contribution is -2.52. The molecule has 0 unspecified atom stereocenters. The Morgan fingerprint density at radius 1 is 0.690 bits per heavy atom. The number of rotatable bonds is 7. The van der Waals surface area contributed by atoms with Crippen LogP contribution in [0.5, 0.6) is 0 Å². The molecule has 0 spiro atoms. The van der Waals surface area contributed by atoms with Gasteiger partial charge in [0.2, 0.25) is 0 Å². The van der Waals surface area contributed by atoms with Crippen LogP contribution in [-0.2, 0) is 15.0 Å². The van der Waals surface area contributed by atoms with Crippen LogP contribution in [0, 0.1) is 17.5 Å². The summed E-state index contributed by atoms with van der Waals surface area (Å²) in [5.41, 5.74) is 5.74. The van der Waals surface area contributed by atoms with Crippen LogP contribution in [0.3, 0.4) is 0 Å². The number of carbonyl (C=O) groups is 3. The van der Waals surface area contributed by atoms with E-state index in [0.717, 1.165) is 17.2 Å². The minimum absolute atomic E-state index is 0.0179. The normalized spacial score (nSPS) is 14.2. The van der Waals surface area contributed by atoms with E-state index in [1.165, 1.54) is 54.6 Å². The number of hydrogen-bond acceptors (Lipinski definition) is 5. The fourth-order valence-corrected chi connectivity index (χ4v) is 5.02. The molecule has 1 aliphatic heterocycles. The van der Waals surface area contributed by atoms with Gasteiger partial charge < -0.3 is 9.74 Å². The van der Waals surface area contributed by atoms with E-state index in [-0.39, 0.29) is 43.2 Å². The van der Waals surface area contributed by atoms with E-state index in [0.29, 0.717) is 11.1 Å². The van der Waals surface area contributed by atoms with Crippen LogP contribution in [0.4, 0.5) is 13.2 Å². The molecule has 42 heavy (non-hydrogen) atoms. The van der Waals surface area contributed by atoms with Gasteiger partial charge in [0.25, 0.3) is 11.8 Å². The van der Waals surface area contributed by atoms with Crippen molar-refractivity contribution < 1.29 is 32.4 Å². The molecule has 2 N–H and O–H groups in total. The minimum Gasteiger partial charge on any atom is -0.350 e. The highest BCUT2D eigenvalue weighted by atomic mass is 19.1. The van der Waals surface area contributed by atoms with Crippen molar-refractivity contribution in [1.29, 1.82) is 0 Å². The van der Waals surface area contributed by atoms with Crippen molar-refractivity contribution in [2.24, 2.45) is 0 Å². The van der Waals surface area contributed by atoms with Crippen LogP contribution in [-0.4, -0.2) is 35.8 Å². The molecule has 0 bridgehead atoms. The molecule has 1 fully saturated rings. The molecule has 1 aliphatic rings. The second-order valence-corrected chi connectivity index (χ2v) is 9.92. The van der Waals surface area contributed by atoms with Gasteiger partial charge in [-0.25, -0.2) is 18.0 Å². The van der Waals surface area contributed by atoms with Gasteiger partial charge in [-0.2, -0.15) is 0 Å². The van der Waals surface area contributed by atoms with Crippen LogP contribution in [0.2, 0.25) is 0 Å². The van der Waals surface area contributed by atoms with Crippen LogP contribution in [0.25, 0.3) is 11.1 Å². The molecule has 0 aromatic heterocycles. The first-order valence-corrected chi connectivity index (χ1v) is 13.2. The van der Waals surface area contributed by atoms with Crippen molar-refractivity contribution in [3.05, 3.63) is 131 Å². The van der Waals surface area contributed by atoms with E-state index < -0.39 is 28.9 Å². The van der Waals surface area contributed by atoms with Gasteiger partial charge in [0.15, 0.2) is 0 Å². The highest BCUT2D eigenvalue weighted by Crippen LogP contribution is 2.37. The van der Waals surface area contributed by atoms with Crippen molar-refractivity contribution in [2.75, 3.05) is 13.1 Å². The number of hydrazine groups is 1. The maximum atomic E-state index is 13.7. The van der Waals surface area contributed by atoms with E-state index in [9.17, 15) is 27.6 Å². The van der Waals surface area contributed by atoms with E-state index in [1.807, 2.05) is 0 Å². The highest BCUT2D eigenvalue weighted by Gasteiger charge is 2.45. The molecule has 10 heteroatoms. The van der Waals surface area contributed by atoms with Crippen LogP contribution in [0.1, 0.15) is 39.1 Å². The van der Waals surface area contributed by atoms with Crippen molar-refractivity contribution in [3.63, 3.8) is 0 Å². The monoisotopic (exact) mass is 573 g/mol. The highest BCUT2D eigenvalue weighted by molar-refractivity contribution is 5.95. The van der Waals surface area contributed by atoms with Gasteiger partial charge in [-0.15, -0.1) is 0 Å². The summed E-state index contributed by atoms with van der Waals surface area (Å²) in [5, 5.41) is 0. The molecule has 0 saturated carbocycles. The summed E-state index contributed by atoms with van der Waals surface area (Å²) in [7, 11) is 0. The Bertz CT molecular complexity index is 1590. The first-order chi connectivity index (χ1) is 20.2. The third-order valence-corrected chi connectivity index (χ3v) is 7.40. The Balaban J connectivity index is 1.26.